The number of ether oxygens (including phenoxy) is 1. The van der Waals surface area contributed by atoms with Gasteiger partial charge in [-0.1, -0.05) is 0 Å². The van der Waals surface area contributed by atoms with Crippen molar-refractivity contribution in [1.29, 1.82) is 0 Å². The Morgan fingerprint density at radius 3 is 3.00 bits per heavy atom. The lowest BCUT2D eigenvalue weighted by Crippen LogP contribution is -2.29. The molecule has 0 amide bonds. The van der Waals surface area contributed by atoms with E-state index in [0.29, 0.717) is 34.1 Å². The average molecular weight is 311 g/mol. The fourth-order valence-corrected chi connectivity index (χ4v) is 3.03. The molecule has 112 valence electrons. The minimum absolute atomic E-state index is 0.0911. The molecule has 0 spiro atoms. The number of fused-ring (bicyclic) bond motifs is 3. The summed E-state index contributed by atoms with van der Waals surface area (Å²) in [6.07, 6.45) is 1.51. The van der Waals surface area contributed by atoms with Crippen molar-refractivity contribution in [3.05, 3.63) is 39.4 Å². The molecule has 0 bridgehead atoms. The summed E-state index contributed by atoms with van der Waals surface area (Å²) in [7, 11) is 1.51. The number of rotatable bonds is 3. The van der Waals surface area contributed by atoms with Crippen molar-refractivity contribution < 1.29 is 9.13 Å². The Kier molecular flexibility index (Phi) is 3.87. The summed E-state index contributed by atoms with van der Waals surface area (Å²) in [5, 5.41) is 3.61. The molecule has 2 heterocycles. The van der Waals surface area contributed by atoms with Crippen LogP contribution in [-0.4, -0.2) is 18.2 Å². The molecule has 1 aromatic carbocycles. The Labute approximate surface area is 126 Å². The Hall–Kier alpha value is -1.59. The second kappa shape index (κ2) is 5.66. The van der Waals surface area contributed by atoms with Gasteiger partial charge in [-0.15, -0.1) is 11.6 Å². The number of anilines is 1. The highest BCUT2D eigenvalue weighted by Crippen LogP contribution is 2.32. The van der Waals surface area contributed by atoms with E-state index in [1.165, 1.54) is 17.7 Å². The average Bonchev–Trinajstić information content (AvgIpc) is 2.50. The number of nitrogens with one attached hydrogen (secondary N) is 1. The summed E-state index contributed by atoms with van der Waals surface area (Å²) in [6.45, 7) is 0.834. The van der Waals surface area contributed by atoms with Crippen LogP contribution in [0.2, 0.25) is 0 Å². The van der Waals surface area contributed by atoms with Crippen molar-refractivity contribution in [1.82, 2.24) is 4.57 Å². The molecule has 0 radical (unpaired) electrons. The first-order valence-corrected chi connectivity index (χ1v) is 7.37. The minimum atomic E-state index is -0.362. The first kappa shape index (κ1) is 14.4. The summed E-state index contributed by atoms with van der Waals surface area (Å²) in [6, 6.07) is 3.18. The van der Waals surface area contributed by atoms with Crippen molar-refractivity contribution in [3.8, 4) is 0 Å². The van der Waals surface area contributed by atoms with Gasteiger partial charge in [0.1, 0.15) is 12.5 Å². The molecule has 1 aliphatic heterocycles. The lowest BCUT2D eigenvalue weighted by Gasteiger charge is -2.22. The summed E-state index contributed by atoms with van der Waals surface area (Å²) in [5.41, 5.74) is 2.28. The van der Waals surface area contributed by atoms with E-state index in [2.05, 4.69) is 5.32 Å². The zero-order valence-corrected chi connectivity index (χ0v) is 12.5. The molecule has 1 aromatic heterocycles. The van der Waals surface area contributed by atoms with E-state index in [1.54, 1.807) is 6.07 Å². The first-order valence-electron chi connectivity index (χ1n) is 6.84. The monoisotopic (exact) mass is 310 g/mol. The van der Waals surface area contributed by atoms with Crippen molar-refractivity contribution in [3.63, 3.8) is 0 Å². The number of halogens is 2. The van der Waals surface area contributed by atoms with Gasteiger partial charge in [-0.3, -0.25) is 9.36 Å². The Morgan fingerprint density at radius 1 is 1.48 bits per heavy atom. The van der Waals surface area contributed by atoms with Crippen LogP contribution in [0.15, 0.2) is 16.9 Å². The molecule has 1 N–H and O–H groups in total. The smallest absolute Gasteiger partial charge is 0.258 e. The van der Waals surface area contributed by atoms with Crippen LogP contribution in [0.1, 0.15) is 17.5 Å². The van der Waals surface area contributed by atoms with Gasteiger partial charge < -0.3 is 10.1 Å². The minimum Gasteiger partial charge on any atom is -0.384 e. The molecule has 0 saturated heterocycles. The van der Waals surface area contributed by atoms with Crippen molar-refractivity contribution in [2.75, 3.05) is 19.0 Å². The molecule has 0 unspecified atom stereocenters. The Balaban J connectivity index is 2.44. The van der Waals surface area contributed by atoms with E-state index in [0.717, 1.165) is 13.0 Å². The van der Waals surface area contributed by atoms with Gasteiger partial charge in [0, 0.05) is 25.1 Å². The number of benzene rings is 1. The topological polar surface area (TPSA) is 43.3 Å². The van der Waals surface area contributed by atoms with Gasteiger partial charge in [0.15, 0.2) is 0 Å². The highest BCUT2D eigenvalue weighted by atomic mass is 35.5. The Bertz CT molecular complexity index is 758. The lowest BCUT2D eigenvalue weighted by molar-refractivity contribution is 0.131. The summed E-state index contributed by atoms with van der Waals surface area (Å²) in [4.78, 5) is 12.6. The lowest BCUT2D eigenvalue weighted by atomic mass is 10.00. The summed E-state index contributed by atoms with van der Waals surface area (Å²) in [5.74, 6) is -0.169. The molecule has 21 heavy (non-hydrogen) atoms. The molecular formula is C15H16ClFN2O2. The van der Waals surface area contributed by atoms with Gasteiger partial charge in [0.05, 0.1) is 16.6 Å². The maximum Gasteiger partial charge on any atom is 0.258 e. The van der Waals surface area contributed by atoms with Gasteiger partial charge >= 0.3 is 0 Å². The van der Waals surface area contributed by atoms with Crippen LogP contribution in [-0.2, 0) is 23.8 Å². The summed E-state index contributed by atoms with van der Waals surface area (Å²) < 4.78 is 21.1. The van der Waals surface area contributed by atoms with Crippen LogP contribution in [0.4, 0.5) is 10.1 Å². The maximum absolute atomic E-state index is 14.5. The molecule has 0 saturated carbocycles. The SMILES string of the molecule is COCn1c(=O)c2c(c3c(F)cc(CCl)cc31)NCCC2. The van der Waals surface area contributed by atoms with Crippen molar-refractivity contribution in [2.24, 2.45) is 0 Å². The standard InChI is InChI=1S/C15H16ClFN2O2/c1-21-8-19-12-6-9(7-16)5-11(17)13(12)14-10(15(19)20)3-2-4-18-14/h5-6,18H,2-4,7-8H2,1H3. The largest absolute Gasteiger partial charge is 0.384 e. The van der Waals surface area contributed by atoms with E-state index in [4.69, 9.17) is 16.3 Å². The molecule has 6 heteroatoms. The van der Waals surface area contributed by atoms with Gasteiger partial charge in [-0.2, -0.15) is 0 Å². The second-order valence-corrected chi connectivity index (χ2v) is 5.41. The third kappa shape index (κ3) is 2.30. The van der Waals surface area contributed by atoms with E-state index >= 15 is 0 Å². The molecule has 2 aromatic rings. The third-order valence-corrected chi connectivity index (χ3v) is 4.10. The van der Waals surface area contributed by atoms with Crippen LogP contribution in [0, 0.1) is 5.82 Å². The molecular weight excluding hydrogens is 295 g/mol. The highest BCUT2D eigenvalue weighted by molar-refractivity contribution is 6.17. The van der Waals surface area contributed by atoms with Gasteiger partial charge in [-0.25, -0.2) is 4.39 Å². The Morgan fingerprint density at radius 2 is 2.29 bits per heavy atom. The van der Waals surface area contributed by atoms with Crippen LogP contribution < -0.4 is 10.9 Å². The van der Waals surface area contributed by atoms with E-state index in [1.807, 2.05) is 0 Å². The maximum atomic E-state index is 14.5. The van der Waals surface area contributed by atoms with Crippen LogP contribution in [0.3, 0.4) is 0 Å². The number of hydrogen-bond acceptors (Lipinski definition) is 3. The summed E-state index contributed by atoms with van der Waals surface area (Å²) >= 11 is 5.81. The number of methoxy groups -OCH3 is 1. The van der Waals surface area contributed by atoms with Gasteiger partial charge in [0.25, 0.3) is 5.56 Å². The number of hydrogen-bond donors (Lipinski definition) is 1. The predicted molar refractivity (Wildman–Crippen MR) is 81.5 cm³/mol. The van der Waals surface area contributed by atoms with E-state index in [-0.39, 0.29) is 24.0 Å². The normalized spacial score (nSPS) is 14.0. The number of alkyl halides is 1. The predicted octanol–water partition coefficient (Wildman–Crippen LogP) is 2.84. The molecule has 0 atom stereocenters. The van der Waals surface area contributed by atoms with E-state index < -0.39 is 0 Å². The molecule has 3 rings (SSSR count). The van der Waals surface area contributed by atoms with Gasteiger partial charge in [0.2, 0.25) is 0 Å². The molecule has 1 aliphatic rings. The van der Waals surface area contributed by atoms with Crippen molar-refractivity contribution in [2.45, 2.75) is 25.5 Å². The van der Waals surface area contributed by atoms with Crippen LogP contribution in [0.25, 0.3) is 10.9 Å². The molecule has 0 fully saturated rings. The second-order valence-electron chi connectivity index (χ2n) is 5.14. The molecule has 0 aliphatic carbocycles. The number of nitrogens with zero attached hydrogens (tertiary/aromatic N) is 1. The van der Waals surface area contributed by atoms with Crippen LogP contribution >= 0.6 is 11.6 Å². The quantitative estimate of drug-likeness (QED) is 0.887. The first-order chi connectivity index (χ1) is 10.2. The van der Waals surface area contributed by atoms with Crippen LogP contribution in [0.5, 0.6) is 0 Å². The fraction of sp³-hybridized carbons (Fsp3) is 0.400. The number of aromatic nitrogens is 1. The zero-order valence-electron chi connectivity index (χ0n) is 11.7. The number of pyridine rings is 1. The zero-order chi connectivity index (χ0) is 15.0. The fourth-order valence-electron chi connectivity index (χ4n) is 2.88. The van der Waals surface area contributed by atoms with Crippen molar-refractivity contribution >= 4 is 28.2 Å². The molecule has 4 nitrogen and oxygen atoms in total. The van der Waals surface area contributed by atoms with Gasteiger partial charge in [-0.05, 0) is 30.5 Å². The third-order valence-electron chi connectivity index (χ3n) is 3.79. The highest BCUT2D eigenvalue weighted by Gasteiger charge is 2.22. The van der Waals surface area contributed by atoms with E-state index in [9.17, 15) is 9.18 Å².